The van der Waals surface area contributed by atoms with Crippen LogP contribution in [0.15, 0.2) is 33.7 Å². The highest BCUT2D eigenvalue weighted by molar-refractivity contribution is 7.90. The minimum Gasteiger partial charge on any atom is -0.399 e. The molecule has 0 fully saturated rings. The largest absolute Gasteiger partial charge is 0.399 e. The monoisotopic (exact) mass is 295 g/mol. The molecule has 0 radical (unpaired) electrons. The van der Waals surface area contributed by atoms with Gasteiger partial charge in [-0.3, -0.25) is 4.79 Å². The first-order valence-electron chi connectivity index (χ1n) is 5.61. The number of aryl methyl sites for hydroxylation is 1. The van der Waals surface area contributed by atoms with Gasteiger partial charge in [-0.05, 0) is 25.1 Å². The van der Waals surface area contributed by atoms with E-state index in [1.807, 2.05) is 0 Å². The van der Waals surface area contributed by atoms with Crippen LogP contribution in [0, 0.1) is 6.92 Å². The molecule has 0 atom stereocenters. The fraction of sp³-hybridized carbons (Fsp3) is 0.167. The minimum atomic E-state index is -3.44. The molecule has 0 aliphatic carbocycles. The number of hydrogen-bond acceptors (Lipinski definition) is 6. The van der Waals surface area contributed by atoms with Gasteiger partial charge in [0, 0.05) is 23.6 Å². The highest BCUT2D eigenvalue weighted by Crippen LogP contribution is 2.18. The molecule has 0 aliphatic heterocycles. The molecule has 0 saturated carbocycles. The van der Waals surface area contributed by atoms with Crippen molar-refractivity contribution in [2.75, 3.05) is 17.3 Å². The molecule has 0 bridgehead atoms. The number of anilines is 2. The zero-order chi connectivity index (χ0) is 14.9. The number of aromatic nitrogens is 1. The number of hydrogen-bond donors (Lipinski definition) is 2. The van der Waals surface area contributed by atoms with Gasteiger partial charge in [0.2, 0.25) is 0 Å². The van der Waals surface area contributed by atoms with Crippen molar-refractivity contribution in [3.63, 3.8) is 0 Å². The molecule has 106 valence electrons. The quantitative estimate of drug-likeness (QED) is 0.823. The van der Waals surface area contributed by atoms with Crippen LogP contribution in [0.25, 0.3) is 0 Å². The molecule has 8 heteroatoms. The van der Waals surface area contributed by atoms with Gasteiger partial charge in [0.25, 0.3) is 5.91 Å². The maximum atomic E-state index is 12.0. The van der Waals surface area contributed by atoms with Crippen LogP contribution in [0.2, 0.25) is 0 Å². The molecule has 0 saturated heterocycles. The summed E-state index contributed by atoms with van der Waals surface area (Å²) in [4.78, 5) is 12.0. The maximum absolute atomic E-state index is 12.0. The zero-order valence-electron chi connectivity index (χ0n) is 10.9. The fourth-order valence-corrected chi connectivity index (χ4v) is 2.27. The summed E-state index contributed by atoms with van der Waals surface area (Å²) >= 11 is 0. The first-order valence-corrected chi connectivity index (χ1v) is 7.50. The summed E-state index contributed by atoms with van der Waals surface area (Å²) in [5.41, 5.74) is 5.93. The lowest BCUT2D eigenvalue weighted by Gasteiger charge is -2.06. The van der Waals surface area contributed by atoms with Crippen molar-refractivity contribution in [1.29, 1.82) is 0 Å². The van der Waals surface area contributed by atoms with Gasteiger partial charge in [0.1, 0.15) is 5.76 Å². The van der Waals surface area contributed by atoms with Crippen molar-refractivity contribution in [2.24, 2.45) is 0 Å². The van der Waals surface area contributed by atoms with Crippen molar-refractivity contribution in [1.82, 2.24) is 5.16 Å². The molecule has 1 amide bonds. The number of sulfone groups is 1. The molecule has 0 unspecified atom stereocenters. The van der Waals surface area contributed by atoms with Crippen LogP contribution in [-0.2, 0) is 9.84 Å². The molecule has 2 aromatic rings. The van der Waals surface area contributed by atoms with E-state index in [-0.39, 0.29) is 22.0 Å². The van der Waals surface area contributed by atoms with Gasteiger partial charge in [-0.15, -0.1) is 0 Å². The number of carbonyl (C=O) groups excluding carboxylic acids is 1. The van der Waals surface area contributed by atoms with Crippen LogP contribution in [0.3, 0.4) is 0 Å². The number of nitrogens with zero attached hydrogens (tertiary/aromatic N) is 1. The van der Waals surface area contributed by atoms with Crippen LogP contribution in [0.1, 0.15) is 16.1 Å². The van der Waals surface area contributed by atoms with Crippen LogP contribution in [0.4, 0.5) is 11.5 Å². The van der Waals surface area contributed by atoms with E-state index in [1.165, 1.54) is 18.2 Å². The molecule has 2 rings (SSSR count). The van der Waals surface area contributed by atoms with Crippen LogP contribution in [-0.4, -0.2) is 25.7 Å². The minimum absolute atomic E-state index is 0.0148. The van der Waals surface area contributed by atoms with Crippen molar-refractivity contribution in [3.05, 3.63) is 35.6 Å². The molecule has 0 spiro atoms. The summed E-state index contributed by atoms with van der Waals surface area (Å²) in [6, 6.07) is 5.49. The second kappa shape index (κ2) is 4.97. The van der Waals surface area contributed by atoms with E-state index in [0.29, 0.717) is 5.76 Å². The average molecular weight is 295 g/mol. The molecule has 0 aliphatic rings. The fourth-order valence-electron chi connectivity index (χ4n) is 1.58. The second-order valence-electron chi connectivity index (χ2n) is 4.34. The second-order valence-corrected chi connectivity index (χ2v) is 6.36. The average Bonchev–Trinajstić information content (AvgIpc) is 2.72. The molecular formula is C12H13N3O4S. The van der Waals surface area contributed by atoms with Gasteiger partial charge in [0.05, 0.1) is 4.90 Å². The number of nitrogens with one attached hydrogen (secondary N) is 1. The zero-order valence-corrected chi connectivity index (χ0v) is 11.7. The van der Waals surface area contributed by atoms with Gasteiger partial charge in [-0.1, -0.05) is 5.16 Å². The Bertz CT molecular complexity index is 765. The van der Waals surface area contributed by atoms with Gasteiger partial charge in [-0.25, -0.2) is 8.42 Å². The molecule has 20 heavy (non-hydrogen) atoms. The van der Waals surface area contributed by atoms with E-state index in [2.05, 4.69) is 10.5 Å². The number of carbonyl (C=O) groups is 1. The lowest BCUT2D eigenvalue weighted by atomic mass is 10.2. The van der Waals surface area contributed by atoms with Gasteiger partial charge in [0.15, 0.2) is 15.7 Å². The summed E-state index contributed by atoms with van der Waals surface area (Å²) in [5.74, 6) is 0.274. The Labute approximate surface area is 115 Å². The highest BCUT2D eigenvalue weighted by atomic mass is 32.2. The standard InChI is InChI=1S/C12H13N3O4S/c1-7-3-11(15-19-7)14-12(16)8-4-9(13)6-10(5-8)20(2,17)18/h3-6H,13H2,1-2H3,(H,14,15,16). The maximum Gasteiger partial charge on any atom is 0.257 e. The predicted molar refractivity (Wildman–Crippen MR) is 73.2 cm³/mol. The third kappa shape index (κ3) is 3.15. The lowest BCUT2D eigenvalue weighted by molar-refractivity contribution is 0.102. The van der Waals surface area contributed by atoms with Crippen LogP contribution < -0.4 is 11.1 Å². The number of rotatable bonds is 3. The van der Waals surface area contributed by atoms with Gasteiger partial charge < -0.3 is 15.6 Å². The highest BCUT2D eigenvalue weighted by Gasteiger charge is 2.14. The Morgan fingerprint density at radius 2 is 2.00 bits per heavy atom. The smallest absolute Gasteiger partial charge is 0.257 e. The third-order valence-corrected chi connectivity index (χ3v) is 3.58. The number of amides is 1. The Kier molecular flexibility index (Phi) is 3.49. The van der Waals surface area contributed by atoms with E-state index in [0.717, 1.165) is 6.26 Å². The van der Waals surface area contributed by atoms with E-state index >= 15 is 0 Å². The number of nitrogen functional groups attached to an aromatic ring is 1. The van der Waals surface area contributed by atoms with Crippen LogP contribution >= 0.6 is 0 Å². The lowest BCUT2D eigenvalue weighted by Crippen LogP contribution is -2.13. The topological polar surface area (TPSA) is 115 Å². The van der Waals surface area contributed by atoms with Gasteiger partial charge in [-0.2, -0.15) is 0 Å². The Morgan fingerprint density at radius 3 is 2.55 bits per heavy atom. The summed E-state index contributed by atoms with van der Waals surface area (Å²) < 4.78 is 27.8. The Hall–Kier alpha value is -2.35. The molecule has 3 N–H and O–H groups in total. The Morgan fingerprint density at radius 1 is 1.30 bits per heavy atom. The summed E-state index contributed by atoms with van der Waals surface area (Å²) in [6.07, 6.45) is 1.05. The first kappa shape index (κ1) is 14.1. The van der Waals surface area contributed by atoms with Crippen molar-refractivity contribution < 1.29 is 17.7 Å². The van der Waals surface area contributed by atoms with E-state index in [4.69, 9.17) is 10.3 Å². The molecule has 1 aromatic heterocycles. The molecule has 7 nitrogen and oxygen atoms in total. The molecular weight excluding hydrogens is 282 g/mol. The molecule has 1 heterocycles. The predicted octanol–water partition coefficient (Wildman–Crippen LogP) is 1.22. The van der Waals surface area contributed by atoms with E-state index in [9.17, 15) is 13.2 Å². The summed E-state index contributed by atoms with van der Waals surface area (Å²) in [5, 5.41) is 6.11. The SMILES string of the molecule is Cc1cc(NC(=O)c2cc(N)cc(S(C)(=O)=O)c2)no1. The van der Waals surface area contributed by atoms with Crippen molar-refractivity contribution in [2.45, 2.75) is 11.8 Å². The summed E-state index contributed by atoms with van der Waals surface area (Å²) in [6.45, 7) is 1.69. The first-order chi connectivity index (χ1) is 9.25. The van der Waals surface area contributed by atoms with E-state index in [1.54, 1.807) is 13.0 Å². The van der Waals surface area contributed by atoms with Crippen LogP contribution in [0.5, 0.6) is 0 Å². The normalized spacial score (nSPS) is 11.3. The number of nitrogens with two attached hydrogens (primary N) is 1. The Balaban J connectivity index is 2.33. The number of benzene rings is 1. The molecule has 1 aromatic carbocycles. The summed E-state index contributed by atoms with van der Waals surface area (Å²) in [7, 11) is -3.44. The van der Waals surface area contributed by atoms with Crippen molar-refractivity contribution in [3.8, 4) is 0 Å². The van der Waals surface area contributed by atoms with Gasteiger partial charge >= 0.3 is 0 Å². The van der Waals surface area contributed by atoms with E-state index < -0.39 is 15.7 Å². The third-order valence-electron chi connectivity index (χ3n) is 2.49. The van der Waals surface area contributed by atoms with Crippen molar-refractivity contribution >= 4 is 27.2 Å².